The summed E-state index contributed by atoms with van der Waals surface area (Å²) >= 11 is 1.78. The number of carboxylic acids is 1. The third kappa shape index (κ3) is 7.00. The van der Waals surface area contributed by atoms with Crippen molar-refractivity contribution in [3.8, 4) is 10.4 Å². The Hall–Kier alpha value is -4.06. The zero-order chi connectivity index (χ0) is 26.4. The van der Waals surface area contributed by atoms with Gasteiger partial charge in [0.15, 0.2) is 0 Å². The lowest BCUT2D eigenvalue weighted by atomic mass is 10.1. The molecule has 2 aromatic carbocycles. The van der Waals surface area contributed by atoms with Crippen LogP contribution in [0.1, 0.15) is 12.5 Å². The molecule has 37 heavy (non-hydrogen) atoms. The number of nitrogen functional groups attached to an aromatic ring is 1. The number of nitrogens with one attached hydrogen (secondary N) is 3. The van der Waals surface area contributed by atoms with Gasteiger partial charge in [-0.15, -0.1) is 11.3 Å². The molecule has 0 unspecified atom stereocenters. The molecule has 0 aliphatic heterocycles. The number of H-pyrrole nitrogens is 1. The van der Waals surface area contributed by atoms with Gasteiger partial charge in [-0.2, -0.15) is 10.1 Å². The number of likely N-dealkylation sites (N-methyl/N-ethyl adjacent to an activating group) is 1. The van der Waals surface area contributed by atoms with Crippen LogP contribution in [0, 0.1) is 0 Å². The predicted octanol–water partition coefficient (Wildman–Crippen LogP) is 4.30. The van der Waals surface area contributed by atoms with E-state index in [0.29, 0.717) is 5.82 Å². The number of carbonyl (C=O) groups is 1. The first kappa shape index (κ1) is 26.0. The molecule has 3 aromatic heterocycles. The highest BCUT2D eigenvalue weighted by Gasteiger charge is 2.13. The Morgan fingerprint density at radius 3 is 2.73 bits per heavy atom. The molecule has 0 fully saturated rings. The van der Waals surface area contributed by atoms with E-state index in [0.717, 1.165) is 48.7 Å². The van der Waals surface area contributed by atoms with Crippen molar-refractivity contribution in [1.29, 1.82) is 0 Å². The number of aromatic amines is 1. The monoisotopic (exact) mass is 518 g/mol. The highest BCUT2D eigenvalue weighted by atomic mass is 32.1. The van der Waals surface area contributed by atoms with Crippen LogP contribution >= 0.6 is 11.3 Å². The van der Waals surface area contributed by atoms with Gasteiger partial charge < -0.3 is 26.4 Å². The lowest BCUT2D eigenvalue weighted by molar-refractivity contribution is -0.134. The van der Waals surface area contributed by atoms with Gasteiger partial charge in [0.05, 0.1) is 11.7 Å². The van der Waals surface area contributed by atoms with E-state index >= 15 is 0 Å². The molecular weight excluding hydrogens is 488 g/mol. The predicted molar refractivity (Wildman–Crippen MR) is 150 cm³/mol. The molecule has 0 aliphatic rings. The Morgan fingerprint density at radius 1 is 1.16 bits per heavy atom. The van der Waals surface area contributed by atoms with Crippen molar-refractivity contribution >= 4 is 55.7 Å². The topological polar surface area (TPSA) is 145 Å². The van der Waals surface area contributed by atoms with Crippen LogP contribution in [0.2, 0.25) is 0 Å². The van der Waals surface area contributed by atoms with E-state index in [1.54, 1.807) is 23.6 Å². The average molecular weight is 519 g/mol. The van der Waals surface area contributed by atoms with Gasteiger partial charge in [-0.25, -0.2) is 4.98 Å². The number of benzene rings is 2. The minimum absolute atomic E-state index is 0.237. The van der Waals surface area contributed by atoms with E-state index in [1.165, 1.54) is 20.5 Å². The fraction of sp³-hybridized carbons (Fsp3) is 0.231. The first-order chi connectivity index (χ1) is 17.8. The van der Waals surface area contributed by atoms with Crippen molar-refractivity contribution < 1.29 is 9.90 Å². The molecule has 3 heterocycles. The molecule has 10 nitrogen and oxygen atoms in total. The summed E-state index contributed by atoms with van der Waals surface area (Å²) in [5, 5.41) is 24.0. The molecule has 0 aliphatic carbocycles. The summed E-state index contributed by atoms with van der Waals surface area (Å²) in [7, 11) is 4.18. The highest BCUT2D eigenvalue weighted by molar-refractivity contribution is 7.22. The molecule has 6 N–H and O–H groups in total. The number of thiophene rings is 1. The Morgan fingerprint density at radius 2 is 1.97 bits per heavy atom. The minimum atomic E-state index is -0.833. The Kier molecular flexibility index (Phi) is 8.29. The summed E-state index contributed by atoms with van der Waals surface area (Å²) in [4.78, 5) is 20.6. The maximum atomic E-state index is 9.00. The van der Waals surface area contributed by atoms with Gasteiger partial charge in [0.1, 0.15) is 5.82 Å². The first-order valence-corrected chi connectivity index (χ1v) is 12.5. The van der Waals surface area contributed by atoms with Crippen LogP contribution in [0.3, 0.4) is 0 Å². The maximum absolute atomic E-state index is 9.00. The lowest BCUT2D eigenvalue weighted by Gasteiger charge is -2.10. The van der Waals surface area contributed by atoms with Crippen LogP contribution in [0.15, 0.2) is 54.9 Å². The summed E-state index contributed by atoms with van der Waals surface area (Å²) in [6.45, 7) is 3.94. The molecule has 0 radical (unpaired) electrons. The Labute approximate surface area is 218 Å². The molecule has 192 valence electrons. The molecule has 5 aromatic rings. The third-order valence-corrected chi connectivity index (χ3v) is 6.56. The standard InChI is InChI=1S/C24H26N8S.C2H4O2/c1-32(2)8-7-26-13-15-3-4-20-16(9-15)11-21(33-20)19-12-18(10-17-14-28-31-23(17)19)29-22-5-6-27-24(25)30-22;1-2(3)4/h3-6,9-12,14,26H,7-8,13H2,1-2H3,(H,28,31)(H3,25,27,29,30);1H3,(H,3,4). The summed E-state index contributed by atoms with van der Waals surface area (Å²) < 4.78 is 1.26. The number of aliphatic carboxylic acids is 1. The fourth-order valence-corrected chi connectivity index (χ4v) is 4.85. The van der Waals surface area contributed by atoms with Crippen LogP contribution in [0.5, 0.6) is 0 Å². The normalized spacial score (nSPS) is 11.0. The van der Waals surface area contributed by atoms with E-state index in [1.807, 2.05) is 12.3 Å². The van der Waals surface area contributed by atoms with Crippen molar-refractivity contribution in [2.45, 2.75) is 13.5 Å². The third-order valence-electron chi connectivity index (χ3n) is 5.41. The van der Waals surface area contributed by atoms with Crippen molar-refractivity contribution in [3.63, 3.8) is 0 Å². The molecule has 0 atom stereocenters. The zero-order valence-corrected chi connectivity index (χ0v) is 21.8. The molecule has 0 bridgehead atoms. The van der Waals surface area contributed by atoms with E-state index in [-0.39, 0.29) is 5.95 Å². The number of carboxylic acid groups (broad SMARTS) is 1. The lowest BCUT2D eigenvalue weighted by Crippen LogP contribution is -2.26. The van der Waals surface area contributed by atoms with Crippen LogP contribution in [0.4, 0.5) is 17.5 Å². The van der Waals surface area contributed by atoms with Crippen LogP contribution < -0.4 is 16.4 Å². The smallest absolute Gasteiger partial charge is 0.300 e. The SMILES string of the molecule is CC(=O)O.CN(C)CCNCc1ccc2sc(-c3cc(Nc4ccnc(N)n4)cc4cn[nH]c34)cc2c1. The molecular formula is C26H30N8O2S. The van der Waals surface area contributed by atoms with Gasteiger partial charge in [0.2, 0.25) is 5.95 Å². The van der Waals surface area contributed by atoms with Crippen molar-refractivity contribution in [3.05, 3.63) is 60.4 Å². The second kappa shape index (κ2) is 11.8. The van der Waals surface area contributed by atoms with Crippen molar-refractivity contribution in [1.82, 2.24) is 30.4 Å². The van der Waals surface area contributed by atoms with E-state index in [9.17, 15) is 0 Å². The molecule has 0 saturated carbocycles. The number of nitrogens with two attached hydrogens (primary N) is 1. The second-order valence-corrected chi connectivity index (χ2v) is 9.85. The summed E-state index contributed by atoms with van der Waals surface area (Å²) in [6, 6.07) is 14.9. The number of fused-ring (bicyclic) bond motifs is 2. The summed E-state index contributed by atoms with van der Waals surface area (Å²) in [5.41, 5.74) is 10.0. The Balaban J connectivity index is 0.000000747. The Bertz CT molecular complexity index is 1510. The van der Waals surface area contributed by atoms with Crippen LogP contribution in [0.25, 0.3) is 31.4 Å². The number of nitrogens with zero attached hydrogens (tertiary/aromatic N) is 4. The first-order valence-electron chi connectivity index (χ1n) is 11.7. The van der Waals surface area contributed by atoms with Crippen LogP contribution in [-0.4, -0.2) is 63.3 Å². The van der Waals surface area contributed by atoms with Gasteiger partial charge >= 0.3 is 0 Å². The molecule has 0 amide bonds. The van der Waals surface area contributed by atoms with Gasteiger partial charge in [0.25, 0.3) is 5.97 Å². The minimum Gasteiger partial charge on any atom is -0.481 e. The van der Waals surface area contributed by atoms with Gasteiger partial charge in [-0.3, -0.25) is 9.89 Å². The van der Waals surface area contributed by atoms with Crippen LogP contribution in [-0.2, 0) is 11.3 Å². The van der Waals surface area contributed by atoms with Gasteiger partial charge in [0, 0.05) is 59.0 Å². The number of hydrogen-bond acceptors (Lipinski definition) is 9. The number of rotatable bonds is 8. The van der Waals surface area contributed by atoms with Gasteiger partial charge in [-0.1, -0.05) is 6.07 Å². The van der Waals surface area contributed by atoms with E-state index in [2.05, 4.69) is 80.1 Å². The summed E-state index contributed by atoms with van der Waals surface area (Å²) in [5.74, 6) is 0.0557. The molecule has 5 rings (SSSR count). The largest absolute Gasteiger partial charge is 0.481 e. The summed E-state index contributed by atoms with van der Waals surface area (Å²) in [6.07, 6.45) is 3.48. The molecule has 0 spiro atoms. The molecule has 11 heteroatoms. The molecule has 0 saturated heterocycles. The number of anilines is 3. The second-order valence-electron chi connectivity index (χ2n) is 8.77. The maximum Gasteiger partial charge on any atom is 0.300 e. The number of hydrogen-bond donors (Lipinski definition) is 5. The van der Waals surface area contributed by atoms with E-state index in [4.69, 9.17) is 15.6 Å². The number of aromatic nitrogens is 4. The average Bonchev–Trinajstić information content (AvgIpc) is 3.47. The van der Waals surface area contributed by atoms with Crippen molar-refractivity contribution in [2.24, 2.45) is 0 Å². The van der Waals surface area contributed by atoms with Gasteiger partial charge in [-0.05, 0) is 61.4 Å². The highest BCUT2D eigenvalue weighted by Crippen LogP contribution is 2.39. The fourth-order valence-electron chi connectivity index (χ4n) is 3.79. The van der Waals surface area contributed by atoms with E-state index < -0.39 is 5.97 Å². The zero-order valence-electron chi connectivity index (χ0n) is 20.9. The quantitative estimate of drug-likeness (QED) is 0.190. The van der Waals surface area contributed by atoms with Crippen molar-refractivity contribution in [2.75, 3.05) is 38.2 Å².